The van der Waals surface area contributed by atoms with Crippen molar-refractivity contribution in [2.75, 3.05) is 18.0 Å². The third-order valence-corrected chi connectivity index (χ3v) is 2.64. The van der Waals surface area contributed by atoms with Crippen molar-refractivity contribution in [3.05, 3.63) is 18.5 Å². The van der Waals surface area contributed by atoms with E-state index in [1.54, 1.807) is 25.4 Å². The lowest BCUT2D eigenvalue weighted by molar-refractivity contribution is 0.148. The highest BCUT2D eigenvalue weighted by Crippen LogP contribution is 2.26. The zero-order valence-corrected chi connectivity index (χ0v) is 8.28. The van der Waals surface area contributed by atoms with Gasteiger partial charge in [-0.15, -0.1) is 0 Å². The van der Waals surface area contributed by atoms with Crippen LogP contribution in [-0.2, 0) is 0 Å². The number of anilines is 1. The predicted molar refractivity (Wildman–Crippen MR) is 53.0 cm³/mol. The first-order chi connectivity index (χ1) is 6.67. The molecular weight excluding hydrogens is 181 g/mol. The van der Waals surface area contributed by atoms with Crippen molar-refractivity contribution in [1.82, 2.24) is 9.97 Å². The summed E-state index contributed by atoms with van der Waals surface area (Å²) in [4.78, 5) is 10.3. The van der Waals surface area contributed by atoms with E-state index in [1.807, 2.05) is 4.90 Å². The van der Waals surface area contributed by atoms with E-state index < -0.39 is 5.67 Å². The van der Waals surface area contributed by atoms with Gasteiger partial charge < -0.3 is 4.90 Å². The van der Waals surface area contributed by atoms with Crippen molar-refractivity contribution in [2.24, 2.45) is 0 Å². The molecule has 2 heterocycles. The number of rotatable bonds is 1. The normalized spacial score (nSPS) is 20.9. The SMILES string of the molecule is CC1(F)CCN(c2ncccn2)CC1. The second kappa shape index (κ2) is 3.52. The summed E-state index contributed by atoms with van der Waals surface area (Å²) in [5, 5.41) is 0. The summed E-state index contributed by atoms with van der Waals surface area (Å²) in [6, 6.07) is 1.78. The number of nitrogens with zero attached hydrogens (tertiary/aromatic N) is 3. The maximum absolute atomic E-state index is 13.5. The molecule has 1 fully saturated rings. The van der Waals surface area contributed by atoms with Crippen molar-refractivity contribution in [2.45, 2.75) is 25.4 Å². The van der Waals surface area contributed by atoms with Gasteiger partial charge in [0.2, 0.25) is 5.95 Å². The Labute approximate surface area is 83.0 Å². The molecule has 76 valence electrons. The third kappa shape index (κ3) is 2.00. The predicted octanol–water partition coefficient (Wildman–Crippen LogP) is 1.81. The standard InChI is InChI=1S/C10H14FN3/c1-10(11)3-7-14(8-4-10)9-12-5-2-6-13-9/h2,5-6H,3-4,7-8H2,1H3. The van der Waals surface area contributed by atoms with E-state index in [9.17, 15) is 4.39 Å². The zero-order chi connectivity index (χ0) is 10.0. The molecule has 1 aromatic rings. The van der Waals surface area contributed by atoms with Crippen LogP contribution in [0.1, 0.15) is 19.8 Å². The number of alkyl halides is 1. The van der Waals surface area contributed by atoms with Crippen LogP contribution in [0.15, 0.2) is 18.5 Å². The molecule has 4 heteroatoms. The molecule has 1 aliphatic rings. The summed E-state index contributed by atoms with van der Waals surface area (Å²) in [6.45, 7) is 3.07. The fraction of sp³-hybridized carbons (Fsp3) is 0.600. The van der Waals surface area contributed by atoms with Gasteiger partial charge >= 0.3 is 0 Å². The van der Waals surface area contributed by atoms with Crippen LogP contribution in [0.4, 0.5) is 10.3 Å². The fourth-order valence-electron chi connectivity index (χ4n) is 1.63. The quantitative estimate of drug-likeness (QED) is 0.684. The molecule has 0 unspecified atom stereocenters. The lowest BCUT2D eigenvalue weighted by atomic mass is 9.96. The Balaban J connectivity index is 2.03. The van der Waals surface area contributed by atoms with Crippen LogP contribution in [0, 0.1) is 0 Å². The highest BCUT2D eigenvalue weighted by Gasteiger charge is 2.30. The number of piperidine rings is 1. The van der Waals surface area contributed by atoms with Gasteiger partial charge in [0.25, 0.3) is 0 Å². The summed E-state index contributed by atoms with van der Waals surface area (Å²) < 4.78 is 13.5. The molecule has 0 atom stereocenters. The Bertz CT molecular complexity index is 289. The summed E-state index contributed by atoms with van der Waals surface area (Å²) in [5.41, 5.74) is -1.01. The van der Waals surface area contributed by atoms with Crippen molar-refractivity contribution in [3.8, 4) is 0 Å². The van der Waals surface area contributed by atoms with Gasteiger partial charge in [-0.05, 0) is 25.8 Å². The Kier molecular flexibility index (Phi) is 2.35. The van der Waals surface area contributed by atoms with Gasteiger partial charge in [-0.3, -0.25) is 0 Å². The van der Waals surface area contributed by atoms with Crippen molar-refractivity contribution in [3.63, 3.8) is 0 Å². The van der Waals surface area contributed by atoms with Crippen LogP contribution in [-0.4, -0.2) is 28.7 Å². The Hall–Kier alpha value is -1.19. The molecule has 1 saturated heterocycles. The Morgan fingerprint density at radius 1 is 1.29 bits per heavy atom. The lowest BCUT2D eigenvalue weighted by Gasteiger charge is -2.33. The van der Waals surface area contributed by atoms with E-state index in [-0.39, 0.29) is 0 Å². The summed E-state index contributed by atoms with van der Waals surface area (Å²) >= 11 is 0. The van der Waals surface area contributed by atoms with Gasteiger partial charge in [0, 0.05) is 25.5 Å². The molecule has 0 N–H and O–H groups in total. The van der Waals surface area contributed by atoms with Crippen LogP contribution in [0.5, 0.6) is 0 Å². The van der Waals surface area contributed by atoms with Gasteiger partial charge in [-0.25, -0.2) is 14.4 Å². The molecule has 0 aromatic carbocycles. The number of aromatic nitrogens is 2. The molecule has 0 bridgehead atoms. The minimum absolute atomic E-state index is 0.561. The van der Waals surface area contributed by atoms with Gasteiger partial charge in [0.05, 0.1) is 0 Å². The average molecular weight is 195 g/mol. The van der Waals surface area contributed by atoms with Crippen LogP contribution in [0.3, 0.4) is 0 Å². The van der Waals surface area contributed by atoms with Crippen LogP contribution < -0.4 is 4.90 Å². The molecule has 0 spiro atoms. The van der Waals surface area contributed by atoms with Crippen molar-refractivity contribution in [1.29, 1.82) is 0 Å². The smallest absolute Gasteiger partial charge is 0.225 e. The van der Waals surface area contributed by atoms with E-state index in [0.717, 1.165) is 0 Å². The molecule has 0 amide bonds. The summed E-state index contributed by atoms with van der Waals surface area (Å²) in [7, 11) is 0. The molecular formula is C10H14FN3. The third-order valence-electron chi connectivity index (χ3n) is 2.64. The zero-order valence-electron chi connectivity index (χ0n) is 8.28. The first kappa shape index (κ1) is 9.37. The average Bonchev–Trinajstić information content (AvgIpc) is 2.19. The first-order valence-electron chi connectivity index (χ1n) is 4.88. The van der Waals surface area contributed by atoms with E-state index in [0.29, 0.717) is 31.9 Å². The van der Waals surface area contributed by atoms with E-state index in [4.69, 9.17) is 0 Å². The molecule has 2 rings (SSSR count). The molecule has 0 saturated carbocycles. The fourth-order valence-corrected chi connectivity index (χ4v) is 1.63. The van der Waals surface area contributed by atoms with Gasteiger partial charge in [0.1, 0.15) is 5.67 Å². The Morgan fingerprint density at radius 2 is 1.86 bits per heavy atom. The molecule has 14 heavy (non-hydrogen) atoms. The van der Waals surface area contributed by atoms with Crippen molar-refractivity contribution < 1.29 is 4.39 Å². The highest BCUT2D eigenvalue weighted by molar-refractivity contribution is 5.29. The minimum atomic E-state index is -1.01. The van der Waals surface area contributed by atoms with Gasteiger partial charge in [0.15, 0.2) is 0 Å². The second-order valence-corrected chi connectivity index (χ2v) is 3.95. The summed E-state index contributed by atoms with van der Waals surface area (Å²) in [6.07, 6.45) is 4.55. The summed E-state index contributed by atoms with van der Waals surface area (Å²) in [5.74, 6) is 0.711. The van der Waals surface area contributed by atoms with Crippen LogP contribution in [0.2, 0.25) is 0 Å². The monoisotopic (exact) mass is 195 g/mol. The van der Waals surface area contributed by atoms with Gasteiger partial charge in [-0.2, -0.15) is 0 Å². The van der Waals surface area contributed by atoms with Crippen LogP contribution >= 0.6 is 0 Å². The number of hydrogen-bond donors (Lipinski definition) is 0. The Morgan fingerprint density at radius 3 is 2.43 bits per heavy atom. The highest BCUT2D eigenvalue weighted by atomic mass is 19.1. The molecule has 0 aliphatic carbocycles. The van der Waals surface area contributed by atoms with E-state index in [2.05, 4.69) is 9.97 Å². The lowest BCUT2D eigenvalue weighted by Crippen LogP contribution is -2.40. The van der Waals surface area contributed by atoms with Gasteiger partial charge in [-0.1, -0.05) is 0 Å². The molecule has 3 nitrogen and oxygen atoms in total. The second-order valence-electron chi connectivity index (χ2n) is 3.95. The maximum atomic E-state index is 13.5. The van der Waals surface area contributed by atoms with E-state index >= 15 is 0 Å². The molecule has 1 aliphatic heterocycles. The van der Waals surface area contributed by atoms with Crippen LogP contribution in [0.25, 0.3) is 0 Å². The number of hydrogen-bond acceptors (Lipinski definition) is 3. The van der Waals surface area contributed by atoms with E-state index in [1.165, 1.54) is 0 Å². The molecule has 0 radical (unpaired) electrons. The minimum Gasteiger partial charge on any atom is -0.341 e. The largest absolute Gasteiger partial charge is 0.341 e. The topological polar surface area (TPSA) is 29.0 Å². The number of halogens is 1. The van der Waals surface area contributed by atoms with Crippen molar-refractivity contribution >= 4 is 5.95 Å². The molecule has 1 aromatic heterocycles. The maximum Gasteiger partial charge on any atom is 0.225 e. The first-order valence-corrected chi connectivity index (χ1v) is 4.88.